The molecule has 25 heavy (non-hydrogen) atoms. The van der Waals surface area contributed by atoms with E-state index in [4.69, 9.17) is 23.2 Å². The summed E-state index contributed by atoms with van der Waals surface area (Å²) in [6.45, 7) is 7.20. The lowest BCUT2D eigenvalue weighted by Crippen LogP contribution is -2.44. The van der Waals surface area contributed by atoms with E-state index in [-0.39, 0.29) is 21.2 Å². The summed E-state index contributed by atoms with van der Waals surface area (Å²) >= 11 is 12.5. The number of nitrogens with zero attached hydrogens (tertiary/aromatic N) is 1. The molecule has 1 aromatic carbocycles. The largest absolute Gasteiger partial charge is 0.478 e. The molecule has 1 heterocycles. The Morgan fingerprint density at radius 3 is 1.96 bits per heavy atom. The first-order valence-electron chi connectivity index (χ1n) is 7.70. The SMILES string of the molecule is CCN1C(C)=C(C(=O)O)C(C)(c2cccc(Cl)c2Cl)C(C(=O)O)=C1C. The fraction of sp³-hybridized carbons (Fsp3) is 0.333. The van der Waals surface area contributed by atoms with Gasteiger partial charge in [-0.3, -0.25) is 0 Å². The van der Waals surface area contributed by atoms with Crippen molar-refractivity contribution in [3.63, 3.8) is 0 Å². The van der Waals surface area contributed by atoms with Crippen LogP contribution in [0.4, 0.5) is 0 Å². The highest BCUT2D eigenvalue weighted by Gasteiger charge is 2.49. The molecule has 0 saturated carbocycles. The van der Waals surface area contributed by atoms with Gasteiger partial charge in [0.05, 0.1) is 26.6 Å². The number of aliphatic carboxylic acids is 2. The molecule has 5 nitrogen and oxygen atoms in total. The molecule has 0 atom stereocenters. The molecule has 7 heteroatoms. The molecule has 2 rings (SSSR count). The molecule has 0 radical (unpaired) electrons. The first kappa shape index (κ1) is 19.3. The van der Waals surface area contributed by atoms with Crippen LogP contribution in [0.2, 0.25) is 10.0 Å². The van der Waals surface area contributed by atoms with Gasteiger partial charge in [-0.05, 0) is 39.3 Å². The summed E-state index contributed by atoms with van der Waals surface area (Å²) in [5.74, 6) is -2.39. The monoisotopic (exact) mass is 383 g/mol. The smallest absolute Gasteiger partial charge is 0.334 e. The summed E-state index contributed by atoms with van der Waals surface area (Å²) in [7, 11) is 0. The minimum absolute atomic E-state index is 0.0264. The highest BCUT2D eigenvalue weighted by atomic mass is 35.5. The van der Waals surface area contributed by atoms with Crippen LogP contribution in [0.25, 0.3) is 0 Å². The Hall–Kier alpha value is -1.98. The van der Waals surface area contributed by atoms with E-state index in [1.165, 1.54) is 0 Å². The Morgan fingerprint density at radius 2 is 1.56 bits per heavy atom. The molecule has 0 aliphatic carbocycles. The Bertz CT molecular complexity index is 788. The van der Waals surface area contributed by atoms with Gasteiger partial charge < -0.3 is 15.1 Å². The van der Waals surface area contributed by atoms with Gasteiger partial charge in [-0.2, -0.15) is 0 Å². The third-order valence-electron chi connectivity index (χ3n) is 4.77. The maximum atomic E-state index is 12.1. The fourth-order valence-corrected chi connectivity index (χ4v) is 4.23. The average molecular weight is 384 g/mol. The molecular formula is C18H19Cl2NO4. The number of allylic oxidation sites excluding steroid dienone is 2. The number of halogens is 2. The molecule has 1 aliphatic rings. The van der Waals surface area contributed by atoms with Crippen LogP contribution >= 0.6 is 23.2 Å². The lowest BCUT2D eigenvalue weighted by Gasteiger charge is -2.43. The lowest BCUT2D eigenvalue weighted by molar-refractivity contribution is -0.134. The molecule has 1 aromatic rings. The van der Waals surface area contributed by atoms with Crippen molar-refractivity contribution in [2.24, 2.45) is 0 Å². The Morgan fingerprint density at radius 1 is 1.08 bits per heavy atom. The van der Waals surface area contributed by atoms with E-state index < -0.39 is 17.4 Å². The Labute approximate surface area is 156 Å². The van der Waals surface area contributed by atoms with Crippen LogP contribution in [0.15, 0.2) is 40.7 Å². The van der Waals surface area contributed by atoms with Gasteiger partial charge in [-0.1, -0.05) is 35.3 Å². The van der Waals surface area contributed by atoms with Gasteiger partial charge >= 0.3 is 11.9 Å². The number of hydrogen-bond donors (Lipinski definition) is 2. The quantitative estimate of drug-likeness (QED) is 0.809. The zero-order valence-corrected chi connectivity index (χ0v) is 15.9. The van der Waals surface area contributed by atoms with Gasteiger partial charge in [0.15, 0.2) is 0 Å². The first-order valence-corrected chi connectivity index (χ1v) is 8.45. The van der Waals surface area contributed by atoms with Gasteiger partial charge in [0.25, 0.3) is 0 Å². The van der Waals surface area contributed by atoms with Crippen LogP contribution in [0.1, 0.15) is 33.3 Å². The van der Waals surface area contributed by atoms with Crippen molar-refractivity contribution in [1.82, 2.24) is 4.90 Å². The van der Waals surface area contributed by atoms with E-state index in [1.807, 2.05) is 6.92 Å². The third-order valence-corrected chi connectivity index (χ3v) is 5.59. The van der Waals surface area contributed by atoms with Crippen molar-refractivity contribution in [3.05, 3.63) is 56.3 Å². The molecule has 134 valence electrons. The van der Waals surface area contributed by atoms with Crippen LogP contribution in [0.5, 0.6) is 0 Å². The second kappa shape index (κ2) is 6.73. The summed E-state index contributed by atoms with van der Waals surface area (Å²) < 4.78 is 0. The molecule has 2 N–H and O–H groups in total. The summed E-state index contributed by atoms with van der Waals surface area (Å²) in [4.78, 5) is 25.9. The van der Waals surface area contributed by atoms with E-state index in [1.54, 1.807) is 43.9 Å². The average Bonchev–Trinajstić information content (AvgIpc) is 2.49. The summed E-state index contributed by atoms with van der Waals surface area (Å²) in [6, 6.07) is 4.82. The molecule has 0 fully saturated rings. The van der Waals surface area contributed by atoms with Crippen molar-refractivity contribution in [1.29, 1.82) is 0 Å². The second-order valence-electron chi connectivity index (χ2n) is 6.00. The van der Waals surface area contributed by atoms with Crippen molar-refractivity contribution < 1.29 is 19.8 Å². The molecule has 1 aliphatic heterocycles. The van der Waals surface area contributed by atoms with Crippen LogP contribution in [0.3, 0.4) is 0 Å². The topological polar surface area (TPSA) is 77.8 Å². The Balaban J connectivity index is 2.99. The molecule has 0 aromatic heterocycles. The number of carbonyl (C=O) groups is 2. The number of benzene rings is 1. The summed E-state index contributed by atoms with van der Waals surface area (Å²) in [5, 5.41) is 20.2. The second-order valence-corrected chi connectivity index (χ2v) is 6.79. The molecule has 0 spiro atoms. The van der Waals surface area contributed by atoms with Crippen molar-refractivity contribution in [2.75, 3.05) is 6.54 Å². The first-order chi connectivity index (χ1) is 11.6. The molecule has 0 unspecified atom stereocenters. The molecular weight excluding hydrogens is 365 g/mol. The van der Waals surface area contributed by atoms with Crippen molar-refractivity contribution in [2.45, 2.75) is 33.1 Å². The van der Waals surface area contributed by atoms with E-state index in [9.17, 15) is 19.8 Å². The number of carboxylic acid groups (broad SMARTS) is 2. The molecule has 0 bridgehead atoms. The lowest BCUT2D eigenvalue weighted by atomic mass is 9.67. The van der Waals surface area contributed by atoms with E-state index >= 15 is 0 Å². The van der Waals surface area contributed by atoms with Crippen LogP contribution in [-0.2, 0) is 15.0 Å². The van der Waals surface area contributed by atoms with Crippen LogP contribution < -0.4 is 0 Å². The van der Waals surface area contributed by atoms with Gasteiger partial charge in [-0.15, -0.1) is 0 Å². The van der Waals surface area contributed by atoms with Gasteiger partial charge in [0.2, 0.25) is 0 Å². The van der Waals surface area contributed by atoms with E-state index in [0.29, 0.717) is 23.5 Å². The summed E-state index contributed by atoms with van der Waals surface area (Å²) in [6.07, 6.45) is 0. The zero-order valence-electron chi connectivity index (χ0n) is 14.4. The number of carboxylic acids is 2. The molecule has 0 amide bonds. The third kappa shape index (κ3) is 2.81. The van der Waals surface area contributed by atoms with Gasteiger partial charge in [-0.25, -0.2) is 9.59 Å². The minimum atomic E-state index is -1.44. The highest BCUT2D eigenvalue weighted by molar-refractivity contribution is 6.42. The number of rotatable bonds is 4. The zero-order chi connectivity index (χ0) is 19.1. The standard InChI is InChI=1S/C18H19Cl2NO4/c1-5-21-9(2)13(16(22)23)18(4,14(10(21)3)17(24)25)11-7-6-8-12(19)15(11)20/h6-8H,5H2,1-4H3,(H,22,23)(H,24,25). The summed E-state index contributed by atoms with van der Waals surface area (Å²) in [5.41, 5.74) is -0.180. The van der Waals surface area contributed by atoms with E-state index in [0.717, 1.165) is 0 Å². The van der Waals surface area contributed by atoms with Gasteiger partial charge in [0, 0.05) is 17.9 Å². The minimum Gasteiger partial charge on any atom is -0.478 e. The Kier molecular flexibility index (Phi) is 5.21. The normalized spacial score (nSPS) is 17.1. The van der Waals surface area contributed by atoms with Gasteiger partial charge in [0.1, 0.15) is 0 Å². The predicted molar refractivity (Wildman–Crippen MR) is 96.9 cm³/mol. The van der Waals surface area contributed by atoms with Crippen molar-refractivity contribution in [3.8, 4) is 0 Å². The molecule has 0 saturated heterocycles. The highest BCUT2D eigenvalue weighted by Crippen LogP contribution is 2.49. The predicted octanol–water partition coefficient (Wildman–Crippen LogP) is 4.30. The van der Waals surface area contributed by atoms with Crippen LogP contribution in [0, 0.1) is 0 Å². The fourth-order valence-electron chi connectivity index (χ4n) is 3.74. The maximum Gasteiger partial charge on any atom is 0.334 e. The van der Waals surface area contributed by atoms with Crippen molar-refractivity contribution >= 4 is 35.1 Å². The van der Waals surface area contributed by atoms with E-state index in [2.05, 4.69) is 0 Å². The number of hydrogen-bond acceptors (Lipinski definition) is 3. The van der Waals surface area contributed by atoms with Crippen LogP contribution in [-0.4, -0.2) is 33.6 Å². The maximum absolute atomic E-state index is 12.1.